The van der Waals surface area contributed by atoms with E-state index in [9.17, 15) is 13.8 Å². The first kappa shape index (κ1) is 36.3. The molecule has 1 unspecified atom stereocenters. The molecule has 7 atom stereocenters. The van der Waals surface area contributed by atoms with E-state index in [4.69, 9.17) is 25.8 Å². The molecule has 2 aliphatic carbocycles. The van der Waals surface area contributed by atoms with Crippen LogP contribution < -0.4 is 14.4 Å². The van der Waals surface area contributed by atoms with Crippen LogP contribution in [0.2, 0.25) is 5.02 Å². The summed E-state index contributed by atoms with van der Waals surface area (Å²) in [6.45, 7) is 7.37. The van der Waals surface area contributed by atoms with E-state index >= 15 is 0 Å². The average Bonchev–Trinajstić information content (AvgIpc) is 3.52. The van der Waals surface area contributed by atoms with Gasteiger partial charge in [0.2, 0.25) is 0 Å². The van der Waals surface area contributed by atoms with Gasteiger partial charge in [-0.2, -0.15) is 0 Å². The van der Waals surface area contributed by atoms with E-state index in [2.05, 4.69) is 38.3 Å². The van der Waals surface area contributed by atoms with Crippen molar-refractivity contribution in [3.8, 4) is 5.75 Å². The number of anilines is 1. The first-order valence-electron chi connectivity index (χ1n) is 19.0. The van der Waals surface area contributed by atoms with Gasteiger partial charge in [-0.25, -0.2) is 4.21 Å². The standard InChI is InChI=1S/C41H49ClN4O6S/c1-26-6-4-8-37(50-3)34-12-9-30(34)21-46-24-41(15-5-7-28-18-32(42)11-13-35(28)41)25-52-38-14-10-29(20-36(38)46)39(47)43-53(49,27(26)2)44-40(48)31-19-33-23-51-17-16-45(33)22-31/h4,8,10-11,13-14,18-20,22,26-27,30,34,37H,5-7,9,12,15-17,21,23-25H2,1-3H3,(H,43,44,47,48,49)/b8-4-/t26-,27+,30-,34+,37-,41-,53?/m0/s1. The molecule has 10 nitrogen and oxygen atoms in total. The fourth-order valence-corrected chi connectivity index (χ4v) is 11.1. The third kappa shape index (κ3) is 6.94. The molecule has 0 radical (unpaired) electrons. The highest BCUT2D eigenvalue weighted by Gasteiger charge is 2.44. The van der Waals surface area contributed by atoms with E-state index in [1.165, 1.54) is 11.1 Å². The molecule has 3 aromatic rings. The Morgan fingerprint density at radius 1 is 1.15 bits per heavy atom. The topological polar surface area (TPSA) is 111 Å². The lowest BCUT2D eigenvalue weighted by Crippen LogP contribution is -2.49. The maximum atomic E-state index is 15.0. The van der Waals surface area contributed by atoms with E-state index in [0.717, 1.165) is 55.1 Å². The summed E-state index contributed by atoms with van der Waals surface area (Å²) in [5.74, 6) is 0.0804. The number of halogens is 1. The second kappa shape index (κ2) is 14.5. The Labute approximate surface area is 317 Å². The zero-order valence-electron chi connectivity index (χ0n) is 30.7. The predicted octanol–water partition coefficient (Wildman–Crippen LogP) is 7.12. The smallest absolute Gasteiger partial charge is 0.286 e. The second-order valence-corrected chi connectivity index (χ2v) is 18.4. The summed E-state index contributed by atoms with van der Waals surface area (Å²) in [7, 11) is -1.83. The Morgan fingerprint density at radius 2 is 2.02 bits per heavy atom. The molecular formula is C41H49ClN4O6S. The van der Waals surface area contributed by atoms with Crippen molar-refractivity contribution in [1.82, 2.24) is 9.29 Å². The maximum Gasteiger partial charge on any atom is 0.286 e. The summed E-state index contributed by atoms with van der Waals surface area (Å²) in [6, 6.07) is 13.4. The summed E-state index contributed by atoms with van der Waals surface area (Å²) in [6.07, 6.45) is 11.6. The number of hydrogen-bond donors (Lipinski definition) is 1. The molecule has 1 spiro atoms. The number of nitrogens with zero attached hydrogens (tertiary/aromatic N) is 3. The summed E-state index contributed by atoms with van der Waals surface area (Å²) in [5, 5.41) is 0.0942. The number of amides is 2. The van der Waals surface area contributed by atoms with Crippen LogP contribution in [0.25, 0.3) is 0 Å². The number of nitrogens with one attached hydrogen (secondary N) is 1. The monoisotopic (exact) mass is 760 g/mol. The van der Waals surface area contributed by atoms with Crippen molar-refractivity contribution in [3.05, 3.63) is 93.8 Å². The fourth-order valence-electron chi connectivity index (χ4n) is 9.03. The molecule has 1 saturated carbocycles. The molecule has 5 aliphatic rings. The van der Waals surface area contributed by atoms with Gasteiger partial charge in [-0.1, -0.05) is 36.7 Å². The zero-order valence-corrected chi connectivity index (χ0v) is 32.3. The van der Waals surface area contributed by atoms with E-state index in [0.29, 0.717) is 68.0 Å². The quantitative estimate of drug-likeness (QED) is 0.283. The molecule has 4 heterocycles. The van der Waals surface area contributed by atoms with Crippen LogP contribution in [-0.2, 0) is 44.4 Å². The first-order valence-corrected chi connectivity index (χ1v) is 20.9. The molecule has 2 bridgehead atoms. The lowest BCUT2D eigenvalue weighted by molar-refractivity contribution is 0.0131. The molecule has 2 amide bonds. The number of hydrogen-bond acceptors (Lipinski definition) is 7. The molecule has 1 fully saturated rings. The van der Waals surface area contributed by atoms with E-state index in [1.807, 2.05) is 29.7 Å². The lowest BCUT2D eigenvalue weighted by Gasteiger charge is -2.46. The Morgan fingerprint density at radius 3 is 2.81 bits per heavy atom. The number of ether oxygens (including phenoxy) is 3. The lowest BCUT2D eigenvalue weighted by atomic mass is 9.68. The van der Waals surface area contributed by atoms with Crippen LogP contribution in [0.1, 0.15) is 83.5 Å². The minimum Gasteiger partial charge on any atom is -0.490 e. The summed E-state index contributed by atoms with van der Waals surface area (Å²) in [5.41, 5.74) is 4.63. The van der Waals surface area contributed by atoms with Gasteiger partial charge in [0.25, 0.3) is 11.8 Å². The van der Waals surface area contributed by atoms with Crippen molar-refractivity contribution in [2.24, 2.45) is 22.1 Å². The fraction of sp³-hybridized carbons (Fsp3) is 0.512. The van der Waals surface area contributed by atoms with E-state index < -0.39 is 27.0 Å². The van der Waals surface area contributed by atoms with Crippen molar-refractivity contribution in [2.45, 2.75) is 82.3 Å². The Hall–Kier alpha value is -3.64. The summed E-state index contributed by atoms with van der Waals surface area (Å²) in [4.78, 5) is 30.3. The number of carbonyl (C=O) groups excluding carboxylic acids is 2. The molecule has 282 valence electrons. The Bertz CT molecular complexity index is 2050. The van der Waals surface area contributed by atoms with Gasteiger partial charge in [0.15, 0.2) is 0 Å². The van der Waals surface area contributed by atoms with Crippen LogP contribution >= 0.6 is 11.6 Å². The van der Waals surface area contributed by atoms with Crippen LogP contribution in [0.4, 0.5) is 5.69 Å². The molecule has 53 heavy (non-hydrogen) atoms. The van der Waals surface area contributed by atoms with Crippen LogP contribution in [0.5, 0.6) is 5.75 Å². The zero-order chi connectivity index (χ0) is 36.9. The number of rotatable bonds is 3. The average molecular weight is 761 g/mol. The number of aryl methyl sites for hydroxylation is 1. The second-order valence-electron chi connectivity index (χ2n) is 15.7. The van der Waals surface area contributed by atoms with Crippen molar-refractivity contribution < 1.29 is 28.0 Å². The van der Waals surface area contributed by atoms with Crippen molar-refractivity contribution in [1.29, 1.82) is 0 Å². The maximum absolute atomic E-state index is 15.0. The normalized spacial score (nSPS) is 31.8. The number of methoxy groups -OCH3 is 1. The van der Waals surface area contributed by atoms with Gasteiger partial charge >= 0.3 is 0 Å². The van der Waals surface area contributed by atoms with Crippen molar-refractivity contribution >= 4 is 39.0 Å². The SMILES string of the molecule is CO[C@H]1/C=C\C[C@H](C)[C@@H](C)S(=O)(NC(=O)c2cc3n(c2)CCOC3)=NC(=O)c2ccc3c(c2)N(C[C@@H]2CC[C@H]21)C[C@@]1(CCCc2cc(Cl)ccc21)CO3. The molecule has 8 rings (SSSR count). The highest BCUT2D eigenvalue weighted by Crippen LogP contribution is 2.47. The van der Waals surface area contributed by atoms with Gasteiger partial charge in [0.05, 0.1) is 42.4 Å². The Kier molecular flexibility index (Phi) is 9.97. The van der Waals surface area contributed by atoms with Gasteiger partial charge in [-0.05, 0) is 111 Å². The first-order chi connectivity index (χ1) is 25.6. The van der Waals surface area contributed by atoms with Gasteiger partial charge < -0.3 is 23.7 Å². The molecule has 12 heteroatoms. The predicted molar refractivity (Wildman–Crippen MR) is 206 cm³/mol. The molecule has 1 aromatic heterocycles. The summed E-state index contributed by atoms with van der Waals surface area (Å²) < 4.78 is 42.4. The minimum atomic E-state index is -3.61. The molecule has 3 aliphatic heterocycles. The summed E-state index contributed by atoms with van der Waals surface area (Å²) >= 11 is 6.47. The van der Waals surface area contributed by atoms with Crippen LogP contribution in [0.3, 0.4) is 0 Å². The highest BCUT2D eigenvalue weighted by molar-refractivity contribution is 7.93. The van der Waals surface area contributed by atoms with Gasteiger partial charge in [0.1, 0.15) is 15.7 Å². The van der Waals surface area contributed by atoms with Gasteiger partial charge in [-0.15, -0.1) is 4.36 Å². The highest BCUT2D eigenvalue weighted by atomic mass is 35.5. The van der Waals surface area contributed by atoms with E-state index in [-0.39, 0.29) is 17.4 Å². The number of allylic oxidation sites excluding steroid dienone is 1. The number of fused-ring (bicyclic) bond motifs is 5. The van der Waals surface area contributed by atoms with Crippen LogP contribution in [-0.4, -0.2) is 65.4 Å². The Balaban J connectivity index is 1.20. The minimum absolute atomic E-state index is 0.0649. The number of aromatic nitrogens is 1. The van der Waals surface area contributed by atoms with Crippen molar-refractivity contribution in [3.63, 3.8) is 0 Å². The third-order valence-electron chi connectivity index (χ3n) is 12.5. The molecule has 0 saturated heterocycles. The molecular weight excluding hydrogens is 712 g/mol. The number of benzene rings is 2. The largest absolute Gasteiger partial charge is 0.490 e. The molecule has 2 aromatic carbocycles. The van der Waals surface area contributed by atoms with Crippen LogP contribution in [0, 0.1) is 17.8 Å². The van der Waals surface area contributed by atoms with Crippen molar-refractivity contribution in [2.75, 3.05) is 38.3 Å². The van der Waals surface area contributed by atoms with Gasteiger partial charge in [-0.3, -0.25) is 14.3 Å². The van der Waals surface area contributed by atoms with Crippen LogP contribution in [0.15, 0.2) is 65.2 Å². The molecule has 1 N–H and O–H groups in total. The number of carbonyl (C=O) groups is 2. The van der Waals surface area contributed by atoms with E-state index in [1.54, 1.807) is 32.4 Å². The third-order valence-corrected chi connectivity index (χ3v) is 15.1. The van der Waals surface area contributed by atoms with Gasteiger partial charge in [0, 0.05) is 54.6 Å².